The second kappa shape index (κ2) is 8.46. The van der Waals surface area contributed by atoms with Crippen LogP contribution in [-0.2, 0) is 4.79 Å². The molecule has 0 radical (unpaired) electrons. The lowest BCUT2D eigenvalue weighted by atomic mass is 10.1. The molecule has 4 rings (SSSR count). The van der Waals surface area contributed by atoms with Gasteiger partial charge in [-0.3, -0.25) is 14.5 Å². The van der Waals surface area contributed by atoms with Gasteiger partial charge < -0.3 is 14.6 Å². The minimum absolute atomic E-state index is 0.00555. The number of hydrogen-bond acceptors (Lipinski definition) is 5. The predicted molar refractivity (Wildman–Crippen MR) is 110 cm³/mol. The molecule has 154 valence electrons. The molecule has 2 amide bonds. The van der Waals surface area contributed by atoms with E-state index in [2.05, 4.69) is 5.32 Å². The summed E-state index contributed by atoms with van der Waals surface area (Å²) >= 11 is 0. The number of fused-ring (bicyclic) bond motifs is 1. The van der Waals surface area contributed by atoms with Crippen LogP contribution in [0.5, 0.6) is 0 Å². The molecule has 0 bridgehead atoms. The second-order valence-corrected chi connectivity index (χ2v) is 7.11. The normalized spacial score (nSPS) is 14.6. The predicted octanol–water partition coefficient (Wildman–Crippen LogP) is 2.33. The van der Waals surface area contributed by atoms with Gasteiger partial charge in [-0.25, -0.2) is 9.18 Å². The smallest absolute Gasteiger partial charge is 0.349 e. The maximum absolute atomic E-state index is 13.2. The highest BCUT2D eigenvalue weighted by molar-refractivity contribution is 5.96. The number of rotatable bonds is 4. The Morgan fingerprint density at radius 1 is 1.00 bits per heavy atom. The molecule has 1 fully saturated rings. The average Bonchev–Trinajstić information content (AvgIpc) is 2.73. The first-order valence-corrected chi connectivity index (χ1v) is 9.59. The third kappa shape index (κ3) is 4.38. The summed E-state index contributed by atoms with van der Waals surface area (Å²) in [6.45, 7) is 1.88. The number of halogens is 1. The molecular weight excluding hydrogens is 389 g/mol. The van der Waals surface area contributed by atoms with Crippen LogP contribution in [0.3, 0.4) is 0 Å². The van der Waals surface area contributed by atoms with E-state index in [0.717, 1.165) is 0 Å². The van der Waals surface area contributed by atoms with Crippen molar-refractivity contribution < 1.29 is 18.4 Å². The van der Waals surface area contributed by atoms with Crippen molar-refractivity contribution in [3.05, 3.63) is 76.4 Å². The number of nitrogens with one attached hydrogen (secondary N) is 1. The van der Waals surface area contributed by atoms with Gasteiger partial charge in [0.1, 0.15) is 17.0 Å². The monoisotopic (exact) mass is 409 g/mol. The van der Waals surface area contributed by atoms with Gasteiger partial charge in [0.05, 0.1) is 6.54 Å². The number of carbonyl (C=O) groups is 2. The molecule has 3 aromatic rings. The lowest BCUT2D eigenvalue weighted by Gasteiger charge is -2.34. The Hall–Kier alpha value is -3.52. The molecule has 0 aliphatic carbocycles. The molecule has 1 aliphatic rings. The molecule has 0 atom stereocenters. The van der Waals surface area contributed by atoms with Crippen LogP contribution in [0.25, 0.3) is 11.0 Å². The third-order valence-corrected chi connectivity index (χ3v) is 5.01. The lowest BCUT2D eigenvalue weighted by molar-refractivity contribution is -0.117. The zero-order valence-electron chi connectivity index (χ0n) is 16.1. The van der Waals surface area contributed by atoms with Crippen molar-refractivity contribution in [1.82, 2.24) is 9.80 Å². The van der Waals surface area contributed by atoms with Gasteiger partial charge in [0.2, 0.25) is 5.91 Å². The Morgan fingerprint density at radius 2 is 1.77 bits per heavy atom. The SMILES string of the molecule is O=C(CN1CCN(C(=O)c2cc3ccccc3oc2=O)CC1)Nc1cccc(F)c1. The zero-order chi connectivity index (χ0) is 21.1. The summed E-state index contributed by atoms with van der Waals surface area (Å²) in [5.41, 5.74) is 0.187. The number of benzene rings is 2. The Kier molecular flexibility index (Phi) is 5.58. The maximum atomic E-state index is 13.2. The van der Waals surface area contributed by atoms with Crippen molar-refractivity contribution in [2.24, 2.45) is 0 Å². The highest BCUT2D eigenvalue weighted by Gasteiger charge is 2.25. The van der Waals surface area contributed by atoms with Gasteiger partial charge in [0.25, 0.3) is 5.91 Å². The summed E-state index contributed by atoms with van der Waals surface area (Å²) < 4.78 is 18.5. The number of para-hydroxylation sites is 1. The van der Waals surface area contributed by atoms with Crippen LogP contribution >= 0.6 is 0 Å². The average molecular weight is 409 g/mol. The molecule has 2 heterocycles. The fourth-order valence-corrected chi connectivity index (χ4v) is 3.46. The van der Waals surface area contributed by atoms with Gasteiger partial charge in [-0.1, -0.05) is 24.3 Å². The molecule has 1 aliphatic heterocycles. The number of piperazine rings is 1. The molecule has 8 heteroatoms. The highest BCUT2D eigenvalue weighted by Crippen LogP contribution is 2.15. The zero-order valence-corrected chi connectivity index (χ0v) is 16.1. The van der Waals surface area contributed by atoms with Crippen LogP contribution in [0.15, 0.2) is 63.8 Å². The van der Waals surface area contributed by atoms with Gasteiger partial charge in [-0.05, 0) is 30.3 Å². The molecule has 1 N–H and O–H groups in total. The minimum atomic E-state index is -0.657. The van der Waals surface area contributed by atoms with Gasteiger partial charge >= 0.3 is 5.63 Å². The third-order valence-electron chi connectivity index (χ3n) is 5.01. The standard InChI is InChI=1S/C22H20FN3O4/c23-16-5-3-6-17(13-16)24-20(27)14-25-8-10-26(11-9-25)21(28)18-12-15-4-1-2-7-19(15)30-22(18)29/h1-7,12-13H,8-11,14H2,(H,24,27). The summed E-state index contributed by atoms with van der Waals surface area (Å²) in [5, 5.41) is 3.35. The Labute approximate surface area is 171 Å². The van der Waals surface area contributed by atoms with Crippen LogP contribution in [0.4, 0.5) is 10.1 Å². The van der Waals surface area contributed by atoms with E-state index in [0.29, 0.717) is 42.8 Å². The van der Waals surface area contributed by atoms with Crippen LogP contribution < -0.4 is 10.9 Å². The molecular formula is C22H20FN3O4. The molecule has 7 nitrogen and oxygen atoms in total. The molecule has 1 aromatic heterocycles. The Balaban J connectivity index is 1.35. The first-order chi connectivity index (χ1) is 14.5. The largest absolute Gasteiger partial charge is 0.422 e. The topological polar surface area (TPSA) is 82.9 Å². The highest BCUT2D eigenvalue weighted by atomic mass is 19.1. The quantitative estimate of drug-likeness (QED) is 0.669. The number of carbonyl (C=O) groups excluding carboxylic acids is 2. The van der Waals surface area contributed by atoms with Crippen molar-refractivity contribution in [2.75, 3.05) is 38.0 Å². The van der Waals surface area contributed by atoms with Crippen molar-refractivity contribution >= 4 is 28.5 Å². The van der Waals surface area contributed by atoms with E-state index in [4.69, 9.17) is 4.42 Å². The van der Waals surface area contributed by atoms with Gasteiger partial charge in [0, 0.05) is 37.3 Å². The maximum Gasteiger partial charge on any atom is 0.349 e. The van der Waals surface area contributed by atoms with E-state index >= 15 is 0 Å². The fraction of sp³-hybridized carbons (Fsp3) is 0.227. The first kappa shape index (κ1) is 19.8. The number of amides is 2. The summed E-state index contributed by atoms with van der Waals surface area (Å²) in [6.07, 6.45) is 0. The summed E-state index contributed by atoms with van der Waals surface area (Å²) in [5.74, 6) is -1.05. The molecule has 2 aromatic carbocycles. The van der Waals surface area contributed by atoms with Crippen molar-refractivity contribution in [3.8, 4) is 0 Å². The lowest BCUT2D eigenvalue weighted by Crippen LogP contribution is -2.51. The van der Waals surface area contributed by atoms with Gasteiger partial charge in [-0.2, -0.15) is 0 Å². The first-order valence-electron chi connectivity index (χ1n) is 9.59. The fourth-order valence-electron chi connectivity index (χ4n) is 3.46. The molecule has 0 spiro atoms. The van der Waals surface area contributed by atoms with E-state index in [1.54, 1.807) is 35.2 Å². The molecule has 0 saturated carbocycles. The van der Waals surface area contributed by atoms with Crippen molar-refractivity contribution in [1.29, 1.82) is 0 Å². The summed E-state index contributed by atoms with van der Waals surface area (Å²) in [7, 11) is 0. The van der Waals surface area contributed by atoms with Crippen molar-refractivity contribution in [2.45, 2.75) is 0 Å². The Morgan fingerprint density at radius 3 is 2.53 bits per heavy atom. The molecule has 30 heavy (non-hydrogen) atoms. The van der Waals surface area contributed by atoms with E-state index in [1.165, 1.54) is 18.2 Å². The molecule has 1 saturated heterocycles. The van der Waals surface area contributed by atoms with E-state index in [1.807, 2.05) is 11.0 Å². The number of anilines is 1. The summed E-state index contributed by atoms with van der Waals surface area (Å²) in [4.78, 5) is 40.7. The minimum Gasteiger partial charge on any atom is -0.422 e. The van der Waals surface area contributed by atoms with Crippen LogP contribution in [0.2, 0.25) is 0 Å². The number of nitrogens with zero attached hydrogens (tertiary/aromatic N) is 2. The van der Waals surface area contributed by atoms with E-state index in [-0.39, 0.29) is 23.9 Å². The number of hydrogen-bond donors (Lipinski definition) is 1. The van der Waals surface area contributed by atoms with Crippen LogP contribution in [0, 0.1) is 5.82 Å². The van der Waals surface area contributed by atoms with Crippen molar-refractivity contribution in [3.63, 3.8) is 0 Å². The van der Waals surface area contributed by atoms with Gasteiger partial charge in [-0.15, -0.1) is 0 Å². The van der Waals surface area contributed by atoms with E-state index < -0.39 is 11.4 Å². The van der Waals surface area contributed by atoms with Gasteiger partial charge in [0.15, 0.2) is 0 Å². The Bertz CT molecular complexity index is 1150. The van der Waals surface area contributed by atoms with Crippen LogP contribution in [-0.4, -0.2) is 54.3 Å². The van der Waals surface area contributed by atoms with E-state index in [9.17, 15) is 18.8 Å². The van der Waals surface area contributed by atoms with Crippen LogP contribution in [0.1, 0.15) is 10.4 Å². The second-order valence-electron chi connectivity index (χ2n) is 7.11. The molecule has 0 unspecified atom stereocenters. The summed E-state index contributed by atoms with van der Waals surface area (Å²) in [6, 6.07) is 14.3.